The molecule has 2 atom stereocenters. The van der Waals surface area contributed by atoms with Crippen LogP contribution in [-0.4, -0.2) is 22.4 Å². The predicted molar refractivity (Wildman–Crippen MR) is 104 cm³/mol. The number of aromatic nitrogens is 2. The molecular formula is C21H21FN4O3. The first-order chi connectivity index (χ1) is 14.0. The van der Waals surface area contributed by atoms with Crippen molar-refractivity contribution in [3.8, 4) is 11.5 Å². The highest BCUT2D eigenvalue weighted by atomic mass is 19.1. The summed E-state index contributed by atoms with van der Waals surface area (Å²) in [5.74, 6) is 1.44. The van der Waals surface area contributed by atoms with Gasteiger partial charge in [-0.05, 0) is 30.7 Å². The molecule has 0 saturated heterocycles. The molecule has 1 aliphatic heterocycles. The number of aryl methyl sites for hydroxylation is 1. The highest BCUT2D eigenvalue weighted by Crippen LogP contribution is 2.34. The van der Waals surface area contributed by atoms with Crippen molar-refractivity contribution in [1.82, 2.24) is 20.2 Å². The number of nitrogens with one attached hydrogen (secondary N) is 2. The maximum atomic E-state index is 14.4. The molecule has 1 aliphatic rings. The smallest absolute Gasteiger partial charge is 0.316 e. The van der Waals surface area contributed by atoms with Gasteiger partial charge >= 0.3 is 6.03 Å². The monoisotopic (exact) mass is 396 g/mol. The van der Waals surface area contributed by atoms with Gasteiger partial charge in [0.05, 0.1) is 6.04 Å². The Hall–Kier alpha value is -3.55. The summed E-state index contributed by atoms with van der Waals surface area (Å²) in [4.78, 5) is 17.0. The molecule has 2 aromatic carbocycles. The Morgan fingerprint density at radius 3 is 2.72 bits per heavy atom. The lowest BCUT2D eigenvalue weighted by molar-refractivity contribution is 0.174. The number of nitrogens with zero attached hydrogens (tertiary/aromatic N) is 2. The maximum Gasteiger partial charge on any atom is 0.316 e. The molecule has 0 saturated carbocycles. The molecule has 0 fully saturated rings. The number of carbonyl (C=O) groups is 1. The molecule has 2 N–H and O–H groups in total. The Bertz CT molecular complexity index is 1040. The number of benzene rings is 2. The van der Waals surface area contributed by atoms with Gasteiger partial charge in [0.2, 0.25) is 6.79 Å². The first-order valence-electron chi connectivity index (χ1n) is 9.21. The SMILES string of the molecule is C[C@@H](NC(=O)N[C@H](c1ccccc1F)c1nccn1C)c1ccc2c(c1)OCO2. The molecule has 3 aromatic rings. The summed E-state index contributed by atoms with van der Waals surface area (Å²) in [6.45, 7) is 2.05. The molecule has 4 rings (SSSR count). The summed E-state index contributed by atoms with van der Waals surface area (Å²) in [7, 11) is 1.80. The lowest BCUT2D eigenvalue weighted by atomic mass is 10.1. The van der Waals surface area contributed by atoms with Gasteiger partial charge in [-0.25, -0.2) is 14.2 Å². The van der Waals surface area contributed by atoms with Crippen LogP contribution in [0.2, 0.25) is 0 Å². The van der Waals surface area contributed by atoms with Crippen LogP contribution in [0.3, 0.4) is 0 Å². The number of hydrogen-bond acceptors (Lipinski definition) is 4. The summed E-state index contributed by atoms with van der Waals surface area (Å²) >= 11 is 0. The fraction of sp³-hybridized carbons (Fsp3) is 0.238. The van der Waals surface area contributed by atoms with Crippen LogP contribution in [0.4, 0.5) is 9.18 Å². The zero-order valence-electron chi connectivity index (χ0n) is 16.1. The van der Waals surface area contributed by atoms with Gasteiger partial charge in [-0.15, -0.1) is 0 Å². The van der Waals surface area contributed by atoms with Gasteiger partial charge in [0.25, 0.3) is 0 Å². The molecule has 150 valence electrons. The van der Waals surface area contributed by atoms with E-state index in [1.807, 2.05) is 25.1 Å². The Morgan fingerprint density at radius 1 is 1.17 bits per heavy atom. The van der Waals surface area contributed by atoms with Crippen LogP contribution in [0.15, 0.2) is 54.9 Å². The third-order valence-corrected chi connectivity index (χ3v) is 4.85. The second kappa shape index (κ2) is 7.83. The third kappa shape index (κ3) is 3.87. The number of amides is 2. The van der Waals surface area contributed by atoms with E-state index in [2.05, 4.69) is 15.6 Å². The predicted octanol–water partition coefficient (Wildman–Crippen LogP) is 3.44. The van der Waals surface area contributed by atoms with Crippen LogP contribution in [-0.2, 0) is 7.05 Å². The van der Waals surface area contributed by atoms with Gasteiger partial charge in [-0.2, -0.15) is 0 Å². The minimum atomic E-state index is -0.736. The number of fused-ring (bicyclic) bond motifs is 1. The summed E-state index contributed by atoms with van der Waals surface area (Å²) in [5, 5.41) is 5.72. The Kier molecular flexibility index (Phi) is 5.07. The molecule has 1 aromatic heterocycles. The van der Waals surface area contributed by atoms with E-state index in [1.54, 1.807) is 42.2 Å². The van der Waals surface area contributed by atoms with Crippen molar-refractivity contribution in [2.24, 2.45) is 7.05 Å². The number of hydrogen-bond donors (Lipinski definition) is 2. The number of ether oxygens (including phenoxy) is 2. The van der Waals surface area contributed by atoms with Crippen LogP contribution in [0.1, 0.15) is 36.0 Å². The Morgan fingerprint density at radius 2 is 1.97 bits per heavy atom. The number of rotatable bonds is 5. The molecule has 0 unspecified atom stereocenters. The molecule has 0 radical (unpaired) electrons. The molecular weight excluding hydrogens is 375 g/mol. The van der Waals surface area contributed by atoms with Crippen LogP contribution in [0.5, 0.6) is 11.5 Å². The molecule has 29 heavy (non-hydrogen) atoms. The van der Waals surface area contributed by atoms with E-state index in [4.69, 9.17) is 9.47 Å². The Labute approximate surface area is 167 Å². The summed E-state index contributed by atoms with van der Waals surface area (Å²) in [6, 6.07) is 10.4. The average Bonchev–Trinajstić information content (AvgIpc) is 3.34. The maximum absolute atomic E-state index is 14.4. The summed E-state index contributed by atoms with van der Waals surface area (Å²) in [6.07, 6.45) is 3.36. The topological polar surface area (TPSA) is 77.4 Å². The lowest BCUT2D eigenvalue weighted by Gasteiger charge is -2.22. The van der Waals surface area contributed by atoms with Gasteiger partial charge in [0.15, 0.2) is 11.5 Å². The van der Waals surface area contributed by atoms with Gasteiger partial charge in [-0.3, -0.25) is 0 Å². The fourth-order valence-corrected chi connectivity index (χ4v) is 3.28. The van der Waals surface area contributed by atoms with Gasteiger partial charge < -0.3 is 24.7 Å². The standard InChI is InChI=1S/C21H21FN4O3/c1-13(14-7-8-17-18(11-14)29-12-28-17)24-21(27)25-19(20-23-9-10-26(20)2)15-5-3-4-6-16(15)22/h3-11,13,19H,12H2,1-2H3,(H2,24,25,27)/t13-,19-/m1/s1. The number of imidazole rings is 1. The van der Waals surface area contributed by atoms with Gasteiger partial charge in [0.1, 0.15) is 17.7 Å². The van der Waals surface area contributed by atoms with E-state index >= 15 is 0 Å². The number of halogens is 1. The van der Waals surface area contributed by atoms with Gasteiger partial charge in [-0.1, -0.05) is 24.3 Å². The number of carbonyl (C=O) groups excluding carboxylic acids is 1. The minimum Gasteiger partial charge on any atom is -0.454 e. The third-order valence-electron chi connectivity index (χ3n) is 4.85. The number of urea groups is 1. The highest BCUT2D eigenvalue weighted by Gasteiger charge is 2.24. The summed E-state index contributed by atoms with van der Waals surface area (Å²) < 4.78 is 26.9. The average molecular weight is 396 g/mol. The molecule has 7 nitrogen and oxygen atoms in total. The molecule has 2 heterocycles. The lowest BCUT2D eigenvalue weighted by Crippen LogP contribution is -2.40. The Balaban J connectivity index is 1.52. The van der Waals surface area contributed by atoms with Crippen LogP contribution in [0.25, 0.3) is 0 Å². The first-order valence-corrected chi connectivity index (χ1v) is 9.21. The van der Waals surface area contributed by atoms with E-state index in [0.717, 1.165) is 5.56 Å². The van der Waals surface area contributed by atoms with E-state index < -0.39 is 17.9 Å². The zero-order chi connectivity index (χ0) is 20.4. The highest BCUT2D eigenvalue weighted by molar-refractivity contribution is 5.75. The summed E-state index contributed by atoms with van der Waals surface area (Å²) in [5.41, 5.74) is 1.21. The van der Waals surface area contributed by atoms with Crippen molar-refractivity contribution < 1.29 is 18.7 Å². The van der Waals surface area contributed by atoms with Crippen molar-refractivity contribution in [1.29, 1.82) is 0 Å². The molecule has 2 amide bonds. The van der Waals surface area contributed by atoms with Crippen molar-refractivity contribution in [2.45, 2.75) is 19.0 Å². The van der Waals surface area contributed by atoms with E-state index in [1.165, 1.54) is 6.07 Å². The van der Waals surface area contributed by atoms with Crippen LogP contribution >= 0.6 is 0 Å². The molecule has 8 heteroatoms. The van der Waals surface area contributed by atoms with E-state index in [0.29, 0.717) is 22.9 Å². The largest absolute Gasteiger partial charge is 0.454 e. The van der Waals surface area contributed by atoms with Gasteiger partial charge in [0, 0.05) is 25.0 Å². The van der Waals surface area contributed by atoms with Crippen molar-refractivity contribution in [3.63, 3.8) is 0 Å². The van der Waals surface area contributed by atoms with Crippen molar-refractivity contribution in [3.05, 3.63) is 77.6 Å². The molecule has 0 bridgehead atoms. The normalized spacial score (nSPS) is 14.3. The van der Waals surface area contributed by atoms with E-state index in [9.17, 15) is 9.18 Å². The first kappa shape index (κ1) is 18.8. The van der Waals surface area contributed by atoms with E-state index in [-0.39, 0.29) is 12.8 Å². The second-order valence-corrected chi connectivity index (χ2v) is 6.80. The van der Waals surface area contributed by atoms with Crippen LogP contribution < -0.4 is 20.1 Å². The van der Waals surface area contributed by atoms with Crippen LogP contribution in [0, 0.1) is 5.82 Å². The zero-order valence-corrected chi connectivity index (χ0v) is 16.1. The van der Waals surface area contributed by atoms with Crippen molar-refractivity contribution in [2.75, 3.05) is 6.79 Å². The molecule has 0 spiro atoms. The second-order valence-electron chi connectivity index (χ2n) is 6.80. The minimum absolute atomic E-state index is 0.190. The quantitative estimate of drug-likeness (QED) is 0.693. The molecule has 0 aliphatic carbocycles. The fourth-order valence-electron chi connectivity index (χ4n) is 3.28. The van der Waals surface area contributed by atoms with Crippen molar-refractivity contribution >= 4 is 6.03 Å².